The van der Waals surface area contributed by atoms with Crippen molar-refractivity contribution in [3.8, 4) is 0 Å². The number of hydrogen-bond donors (Lipinski definition) is 3. The van der Waals surface area contributed by atoms with Crippen molar-refractivity contribution < 1.29 is 30.0 Å². The normalized spacial score (nSPS) is 18.9. The van der Waals surface area contributed by atoms with Crippen molar-refractivity contribution in [2.45, 2.75) is 35.0 Å². The molecule has 0 amide bonds. The van der Waals surface area contributed by atoms with Crippen LogP contribution in [0.2, 0.25) is 0 Å². The number of nitrogens with two attached hydrogens (primary N) is 1. The average molecular weight is 435 g/mol. The second kappa shape index (κ2) is 7.03. The van der Waals surface area contributed by atoms with Gasteiger partial charge in [0, 0.05) is 0 Å². The van der Waals surface area contributed by atoms with Gasteiger partial charge in [0.15, 0.2) is 0 Å². The van der Waals surface area contributed by atoms with Crippen LogP contribution in [0.15, 0.2) is 52.3 Å². The molecule has 0 aliphatic carbocycles. The number of nitrogens with one attached hydrogen (secondary N) is 2. The molecule has 4 N–H and O–H groups in total. The third kappa shape index (κ3) is 4.29. The summed E-state index contributed by atoms with van der Waals surface area (Å²) < 4.78 is 90.2. The Bertz CT molecular complexity index is 1100. The molecule has 0 radical (unpaired) electrons. The van der Waals surface area contributed by atoms with E-state index < -0.39 is 47.7 Å². The molecule has 3 rings (SSSR count). The van der Waals surface area contributed by atoms with Gasteiger partial charge in [0.05, 0.1) is 22.3 Å². The number of alkyl halides is 3. The number of sulfonamides is 2. The van der Waals surface area contributed by atoms with Gasteiger partial charge in [-0.3, -0.25) is 0 Å². The Morgan fingerprint density at radius 2 is 1.75 bits per heavy atom. The standard InChI is InChI=1S/C16H16F3N3O4S2/c17-16(18,19)11-8-12-14(9-13(11)27(20,23)24)28(25,26)22-15(21-12)7-6-10-4-2-1-3-5-10/h1-5,8-9,15,21-22H,6-7H2,(H2,20,23,24). The molecular formula is C16H16F3N3O4S2. The minimum atomic E-state index is -5.04. The summed E-state index contributed by atoms with van der Waals surface area (Å²) in [6.45, 7) is 0. The number of aryl methyl sites for hydroxylation is 1. The lowest BCUT2D eigenvalue weighted by molar-refractivity contribution is -0.139. The zero-order valence-electron chi connectivity index (χ0n) is 14.2. The Kier molecular flexibility index (Phi) is 5.17. The van der Waals surface area contributed by atoms with Gasteiger partial charge in [0.2, 0.25) is 20.0 Å². The van der Waals surface area contributed by atoms with Crippen LogP contribution in [-0.2, 0) is 32.6 Å². The average Bonchev–Trinajstić information content (AvgIpc) is 2.58. The zero-order chi connectivity index (χ0) is 20.7. The summed E-state index contributed by atoms with van der Waals surface area (Å²) in [5.41, 5.74) is -0.938. The Hall–Kier alpha value is -2.15. The second-order valence-corrected chi connectivity index (χ2v) is 9.44. The van der Waals surface area contributed by atoms with Crippen LogP contribution in [-0.4, -0.2) is 23.0 Å². The van der Waals surface area contributed by atoms with E-state index >= 15 is 0 Å². The highest BCUT2D eigenvalue weighted by atomic mass is 32.2. The quantitative estimate of drug-likeness (QED) is 0.679. The van der Waals surface area contributed by atoms with Crippen LogP contribution in [0.5, 0.6) is 0 Å². The molecule has 0 saturated heterocycles. The van der Waals surface area contributed by atoms with Crippen LogP contribution < -0.4 is 15.2 Å². The first-order valence-corrected chi connectivity index (χ1v) is 11.0. The van der Waals surface area contributed by atoms with E-state index in [1.807, 2.05) is 30.3 Å². The molecule has 2 aromatic carbocycles. The molecule has 12 heteroatoms. The molecule has 0 spiro atoms. The molecule has 1 aliphatic heterocycles. The van der Waals surface area contributed by atoms with E-state index in [0.717, 1.165) is 5.56 Å². The molecule has 152 valence electrons. The first-order chi connectivity index (χ1) is 12.9. The third-order valence-electron chi connectivity index (χ3n) is 4.17. The van der Waals surface area contributed by atoms with Crippen LogP contribution in [0, 0.1) is 0 Å². The van der Waals surface area contributed by atoms with E-state index in [-0.39, 0.29) is 12.1 Å². The second-order valence-electron chi connectivity index (χ2n) is 6.23. The van der Waals surface area contributed by atoms with Crippen molar-refractivity contribution in [1.82, 2.24) is 4.72 Å². The van der Waals surface area contributed by atoms with Crippen molar-refractivity contribution in [3.63, 3.8) is 0 Å². The molecular weight excluding hydrogens is 419 g/mol. The van der Waals surface area contributed by atoms with E-state index in [1.165, 1.54) is 0 Å². The van der Waals surface area contributed by atoms with Crippen LogP contribution in [0.4, 0.5) is 18.9 Å². The van der Waals surface area contributed by atoms with Crippen LogP contribution in [0.1, 0.15) is 17.5 Å². The fourth-order valence-corrected chi connectivity index (χ4v) is 5.10. The number of fused-ring (bicyclic) bond motifs is 1. The highest BCUT2D eigenvalue weighted by Crippen LogP contribution is 2.39. The summed E-state index contributed by atoms with van der Waals surface area (Å²) in [6, 6.07) is 10.0. The number of halogens is 3. The van der Waals surface area contributed by atoms with Crippen molar-refractivity contribution in [3.05, 3.63) is 53.6 Å². The smallest absolute Gasteiger partial charge is 0.368 e. The molecule has 1 aliphatic rings. The van der Waals surface area contributed by atoms with Gasteiger partial charge >= 0.3 is 6.18 Å². The number of hydrogen-bond acceptors (Lipinski definition) is 5. The van der Waals surface area contributed by atoms with Gasteiger partial charge in [-0.2, -0.15) is 17.9 Å². The van der Waals surface area contributed by atoms with Gasteiger partial charge in [-0.15, -0.1) is 0 Å². The maximum atomic E-state index is 13.3. The highest BCUT2D eigenvalue weighted by molar-refractivity contribution is 7.90. The number of benzene rings is 2. The summed E-state index contributed by atoms with van der Waals surface area (Å²) in [5.74, 6) is 0. The molecule has 28 heavy (non-hydrogen) atoms. The highest BCUT2D eigenvalue weighted by Gasteiger charge is 2.40. The Morgan fingerprint density at radius 3 is 2.32 bits per heavy atom. The SMILES string of the molecule is NS(=O)(=O)c1cc2c(cc1C(F)(F)F)NC(CCc1ccccc1)NS2(=O)=O. The van der Waals surface area contributed by atoms with Gasteiger partial charge in [-0.1, -0.05) is 30.3 Å². The van der Waals surface area contributed by atoms with Crippen molar-refractivity contribution in [1.29, 1.82) is 0 Å². The molecule has 2 aromatic rings. The van der Waals surface area contributed by atoms with Crippen LogP contribution in [0.25, 0.3) is 0 Å². The first-order valence-electron chi connectivity index (χ1n) is 7.99. The predicted octanol–water partition coefficient (Wildman–Crippen LogP) is 2.02. The Labute approximate surface area is 159 Å². The summed E-state index contributed by atoms with van der Waals surface area (Å²) in [4.78, 5) is -1.91. The van der Waals surface area contributed by atoms with Crippen molar-refractivity contribution in [2.24, 2.45) is 5.14 Å². The van der Waals surface area contributed by atoms with Crippen LogP contribution >= 0.6 is 0 Å². The minimum Gasteiger partial charge on any atom is -0.368 e. The summed E-state index contributed by atoms with van der Waals surface area (Å²) in [7, 11) is -9.04. The molecule has 0 aromatic heterocycles. The van der Waals surface area contributed by atoms with Crippen molar-refractivity contribution >= 4 is 25.7 Å². The molecule has 1 unspecified atom stereocenters. The Morgan fingerprint density at radius 1 is 1.11 bits per heavy atom. The third-order valence-corrected chi connectivity index (χ3v) is 6.64. The fourth-order valence-electron chi connectivity index (χ4n) is 2.91. The first kappa shape index (κ1) is 20.6. The van der Waals surface area contributed by atoms with E-state index in [9.17, 15) is 30.0 Å². The monoisotopic (exact) mass is 435 g/mol. The lowest BCUT2D eigenvalue weighted by Gasteiger charge is -2.29. The zero-order valence-corrected chi connectivity index (χ0v) is 15.8. The summed E-state index contributed by atoms with van der Waals surface area (Å²) in [6.07, 6.45) is -5.16. The number of rotatable bonds is 4. The van der Waals surface area contributed by atoms with Crippen LogP contribution in [0.3, 0.4) is 0 Å². The molecule has 1 heterocycles. The topological polar surface area (TPSA) is 118 Å². The fraction of sp³-hybridized carbons (Fsp3) is 0.250. The maximum absolute atomic E-state index is 13.3. The molecule has 0 bridgehead atoms. The number of primary sulfonamides is 1. The lowest BCUT2D eigenvalue weighted by Crippen LogP contribution is -2.45. The Balaban J connectivity index is 2.00. The van der Waals surface area contributed by atoms with Gasteiger partial charge in [-0.05, 0) is 30.5 Å². The molecule has 1 atom stereocenters. The van der Waals surface area contributed by atoms with Gasteiger partial charge in [-0.25, -0.2) is 22.0 Å². The van der Waals surface area contributed by atoms with E-state index in [4.69, 9.17) is 5.14 Å². The van der Waals surface area contributed by atoms with E-state index in [2.05, 4.69) is 10.0 Å². The minimum absolute atomic E-state index is 0.265. The summed E-state index contributed by atoms with van der Waals surface area (Å²) in [5, 5.41) is 7.54. The summed E-state index contributed by atoms with van der Waals surface area (Å²) >= 11 is 0. The van der Waals surface area contributed by atoms with Gasteiger partial charge in [0.1, 0.15) is 4.90 Å². The van der Waals surface area contributed by atoms with E-state index in [0.29, 0.717) is 18.6 Å². The predicted molar refractivity (Wildman–Crippen MR) is 95.3 cm³/mol. The molecule has 0 saturated carbocycles. The maximum Gasteiger partial charge on any atom is 0.417 e. The lowest BCUT2D eigenvalue weighted by atomic mass is 10.1. The molecule has 0 fully saturated rings. The molecule has 7 nitrogen and oxygen atoms in total. The van der Waals surface area contributed by atoms with Crippen molar-refractivity contribution in [2.75, 3.05) is 5.32 Å². The van der Waals surface area contributed by atoms with Gasteiger partial charge < -0.3 is 5.32 Å². The largest absolute Gasteiger partial charge is 0.417 e. The number of anilines is 1. The van der Waals surface area contributed by atoms with Gasteiger partial charge in [0.25, 0.3) is 0 Å². The van der Waals surface area contributed by atoms with E-state index in [1.54, 1.807) is 0 Å².